The monoisotopic (exact) mass is 389 g/mol. The molecule has 0 radical (unpaired) electrons. The highest BCUT2D eigenvalue weighted by Gasteiger charge is 2.22. The van der Waals surface area contributed by atoms with Crippen LogP contribution in [0.5, 0.6) is 0 Å². The average Bonchev–Trinajstić information content (AvgIpc) is 3.14. The molecule has 0 unspecified atom stereocenters. The van der Waals surface area contributed by atoms with Gasteiger partial charge in [0.05, 0.1) is 24.2 Å². The number of nitrogens with zero attached hydrogens (tertiary/aromatic N) is 3. The molecule has 0 fully saturated rings. The lowest BCUT2D eigenvalue weighted by molar-refractivity contribution is 0.0525. The molecule has 0 N–H and O–H groups in total. The molecule has 6 heteroatoms. The predicted octanol–water partition coefficient (Wildman–Crippen LogP) is 3.56. The van der Waals surface area contributed by atoms with E-state index in [4.69, 9.17) is 4.74 Å². The van der Waals surface area contributed by atoms with E-state index in [-0.39, 0.29) is 11.9 Å². The van der Waals surface area contributed by atoms with Crippen molar-refractivity contribution in [2.24, 2.45) is 0 Å². The maximum Gasteiger partial charge on any atom is 0.341 e. The Hall–Kier alpha value is -3.41. The van der Waals surface area contributed by atoms with Crippen LogP contribution in [0.25, 0.3) is 5.69 Å². The van der Waals surface area contributed by atoms with Gasteiger partial charge in [0, 0.05) is 18.7 Å². The van der Waals surface area contributed by atoms with Crippen LogP contribution < -0.4 is 0 Å². The molecule has 2 heterocycles. The Morgan fingerprint density at radius 2 is 1.79 bits per heavy atom. The van der Waals surface area contributed by atoms with E-state index < -0.39 is 0 Å². The minimum Gasteiger partial charge on any atom is -0.462 e. The van der Waals surface area contributed by atoms with E-state index >= 15 is 0 Å². The van der Waals surface area contributed by atoms with Crippen molar-refractivity contribution in [3.63, 3.8) is 0 Å². The van der Waals surface area contributed by atoms with Crippen molar-refractivity contribution in [1.29, 1.82) is 0 Å². The fraction of sp³-hybridized carbons (Fsp3) is 0.261. The van der Waals surface area contributed by atoms with Crippen LogP contribution in [-0.4, -0.2) is 39.7 Å². The largest absolute Gasteiger partial charge is 0.462 e. The van der Waals surface area contributed by atoms with Gasteiger partial charge < -0.3 is 9.64 Å². The van der Waals surface area contributed by atoms with E-state index in [1.54, 1.807) is 11.6 Å². The first-order valence-electron chi connectivity index (χ1n) is 9.76. The third-order valence-electron chi connectivity index (χ3n) is 5.28. The Balaban J connectivity index is 1.51. The van der Waals surface area contributed by atoms with Crippen molar-refractivity contribution in [2.75, 3.05) is 13.2 Å². The van der Waals surface area contributed by atoms with Gasteiger partial charge in [0.2, 0.25) is 0 Å². The summed E-state index contributed by atoms with van der Waals surface area (Å²) >= 11 is 0. The van der Waals surface area contributed by atoms with Crippen molar-refractivity contribution < 1.29 is 14.3 Å². The summed E-state index contributed by atoms with van der Waals surface area (Å²) < 4.78 is 6.74. The van der Waals surface area contributed by atoms with E-state index in [0.717, 1.165) is 18.7 Å². The summed E-state index contributed by atoms with van der Waals surface area (Å²) in [6.07, 6.45) is 2.39. The summed E-state index contributed by atoms with van der Waals surface area (Å²) in [5.74, 6) is -0.358. The van der Waals surface area contributed by atoms with Gasteiger partial charge in [-0.3, -0.25) is 4.79 Å². The molecule has 0 aliphatic carbocycles. The number of amides is 1. The van der Waals surface area contributed by atoms with Gasteiger partial charge >= 0.3 is 5.97 Å². The second kappa shape index (κ2) is 7.91. The summed E-state index contributed by atoms with van der Waals surface area (Å²) in [4.78, 5) is 26.8. The summed E-state index contributed by atoms with van der Waals surface area (Å²) in [6.45, 7) is 5.27. The van der Waals surface area contributed by atoms with Gasteiger partial charge in [-0.2, -0.15) is 5.10 Å². The highest BCUT2D eigenvalue weighted by molar-refractivity contribution is 5.94. The van der Waals surface area contributed by atoms with Crippen LogP contribution in [0.1, 0.15) is 44.5 Å². The molecule has 1 amide bonds. The predicted molar refractivity (Wildman–Crippen MR) is 109 cm³/mol. The zero-order valence-corrected chi connectivity index (χ0v) is 16.6. The molecule has 1 aliphatic heterocycles. The van der Waals surface area contributed by atoms with Crippen LogP contribution in [0.4, 0.5) is 0 Å². The van der Waals surface area contributed by atoms with Gasteiger partial charge in [0.1, 0.15) is 5.56 Å². The Kier molecular flexibility index (Phi) is 5.16. The summed E-state index contributed by atoms with van der Waals surface area (Å²) in [7, 11) is 0. The topological polar surface area (TPSA) is 64.4 Å². The SMILES string of the molecule is CCOC(=O)c1cnn(-c2ccc(C(=O)N3CCc4ccccc4C3)cc2)c1C. The Morgan fingerprint density at radius 1 is 1.07 bits per heavy atom. The van der Waals surface area contributed by atoms with E-state index in [1.165, 1.54) is 17.3 Å². The van der Waals surface area contributed by atoms with Crippen LogP contribution >= 0.6 is 0 Å². The number of aromatic nitrogens is 2. The minimum absolute atomic E-state index is 0.0236. The first-order valence-corrected chi connectivity index (χ1v) is 9.76. The van der Waals surface area contributed by atoms with Crippen molar-refractivity contribution in [2.45, 2.75) is 26.8 Å². The maximum atomic E-state index is 12.9. The molecule has 29 heavy (non-hydrogen) atoms. The fourth-order valence-corrected chi connectivity index (χ4v) is 3.68. The highest BCUT2D eigenvalue weighted by Crippen LogP contribution is 2.21. The molecule has 4 rings (SSSR count). The van der Waals surface area contributed by atoms with Gasteiger partial charge in [0.15, 0.2) is 0 Å². The van der Waals surface area contributed by atoms with Crippen molar-refractivity contribution in [1.82, 2.24) is 14.7 Å². The first kappa shape index (κ1) is 18.9. The third kappa shape index (κ3) is 3.66. The number of rotatable bonds is 4. The second-order valence-corrected chi connectivity index (χ2v) is 7.07. The van der Waals surface area contributed by atoms with Gasteiger partial charge in [-0.05, 0) is 55.7 Å². The molecule has 0 saturated carbocycles. The molecule has 0 saturated heterocycles. The number of carbonyl (C=O) groups is 2. The Bertz CT molecular complexity index is 1050. The van der Waals surface area contributed by atoms with Gasteiger partial charge in [0.25, 0.3) is 5.91 Å². The molecule has 1 aromatic heterocycles. The van der Waals surface area contributed by atoms with Gasteiger partial charge in [-0.25, -0.2) is 9.48 Å². The minimum atomic E-state index is -0.381. The molecule has 148 valence electrons. The maximum absolute atomic E-state index is 12.9. The van der Waals surface area contributed by atoms with E-state index in [1.807, 2.05) is 48.2 Å². The number of fused-ring (bicyclic) bond motifs is 1. The molecule has 3 aromatic rings. The molecule has 0 bridgehead atoms. The fourth-order valence-electron chi connectivity index (χ4n) is 3.68. The Labute approximate surface area is 169 Å². The van der Waals surface area contributed by atoms with Crippen molar-refractivity contribution in [3.05, 3.63) is 82.7 Å². The molecular weight excluding hydrogens is 366 g/mol. The zero-order chi connectivity index (χ0) is 20.4. The lowest BCUT2D eigenvalue weighted by Gasteiger charge is -2.29. The van der Waals surface area contributed by atoms with Crippen LogP contribution in [0.2, 0.25) is 0 Å². The zero-order valence-electron chi connectivity index (χ0n) is 16.6. The summed E-state index contributed by atoms with van der Waals surface area (Å²) in [5, 5.41) is 4.30. The second-order valence-electron chi connectivity index (χ2n) is 7.07. The smallest absolute Gasteiger partial charge is 0.341 e. The number of ether oxygens (including phenoxy) is 1. The van der Waals surface area contributed by atoms with Gasteiger partial charge in [-0.15, -0.1) is 0 Å². The quantitative estimate of drug-likeness (QED) is 0.640. The van der Waals surface area contributed by atoms with E-state index in [9.17, 15) is 9.59 Å². The van der Waals surface area contributed by atoms with Crippen molar-refractivity contribution in [3.8, 4) is 5.69 Å². The molecular formula is C23H23N3O3. The van der Waals surface area contributed by atoms with E-state index in [0.29, 0.717) is 30.0 Å². The summed E-state index contributed by atoms with van der Waals surface area (Å²) in [6, 6.07) is 15.6. The van der Waals surface area contributed by atoms with Crippen LogP contribution in [0.3, 0.4) is 0 Å². The van der Waals surface area contributed by atoms with Crippen LogP contribution in [0.15, 0.2) is 54.7 Å². The number of carbonyl (C=O) groups excluding carboxylic acids is 2. The number of hydrogen-bond donors (Lipinski definition) is 0. The molecule has 0 atom stereocenters. The number of esters is 1. The van der Waals surface area contributed by atoms with E-state index in [2.05, 4.69) is 17.2 Å². The van der Waals surface area contributed by atoms with Crippen molar-refractivity contribution >= 4 is 11.9 Å². The molecule has 2 aromatic carbocycles. The number of hydrogen-bond acceptors (Lipinski definition) is 4. The molecule has 1 aliphatic rings. The van der Waals surface area contributed by atoms with Crippen LogP contribution in [0, 0.1) is 6.92 Å². The Morgan fingerprint density at radius 3 is 2.52 bits per heavy atom. The third-order valence-corrected chi connectivity index (χ3v) is 5.28. The highest BCUT2D eigenvalue weighted by atomic mass is 16.5. The lowest BCUT2D eigenvalue weighted by atomic mass is 9.99. The normalized spacial score (nSPS) is 13.1. The molecule has 6 nitrogen and oxygen atoms in total. The first-order chi connectivity index (χ1) is 14.1. The molecule has 0 spiro atoms. The van der Waals surface area contributed by atoms with Gasteiger partial charge in [-0.1, -0.05) is 24.3 Å². The van der Waals surface area contributed by atoms with Crippen LogP contribution in [-0.2, 0) is 17.7 Å². The standard InChI is InChI=1S/C23H23N3O3/c1-3-29-23(28)21-14-24-26(16(21)2)20-10-8-18(9-11-20)22(27)25-13-12-17-6-4-5-7-19(17)15-25/h4-11,14H,3,12-13,15H2,1-2H3. The lowest BCUT2D eigenvalue weighted by Crippen LogP contribution is -2.35. The number of benzene rings is 2. The summed E-state index contributed by atoms with van der Waals surface area (Å²) in [5.41, 5.74) is 5.11. The average molecular weight is 389 g/mol.